The number of hydrogen-bond acceptors (Lipinski definition) is 2. The largest absolute Gasteiger partial charge is 0.382 e. The molecule has 1 atom stereocenters. The number of benzene rings is 1. The third-order valence-corrected chi connectivity index (χ3v) is 3.65. The van der Waals surface area contributed by atoms with Crippen LogP contribution in [-0.2, 0) is 0 Å². The van der Waals surface area contributed by atoms with Crippen LogP contribution in [0.5, 0.6) is 0 Å². The Hall–Kier alpha value is -1.04. The third-order valence-electron chi connectivity index (χ3n) is 2.39. The fourth-order valence-electron chi connectivity index (χ4n) is 1.46. The van der Waals surface area contributed by atoms with Crippen LogP contribution in [0.1, 0.15) is 17.4 Å². The Morgan fingerprint density at radius 2 is 1.94 bits per heavy atom. The van der Waals surface area contributed by atoms with Crippen molar-refractivity contribution in [3.05, 3.63) is 62.8 Å². The summed E-state index contributed by atoms with van der Waals surface area (Å²) in [5, 5.41) is 9.86. The van der Waals surface area contributed by atoms with Crippen LogP contribution in [0.2, 0.25) is 5.02 Å². The molecule has 2 rings (SSSR count). The smallest absolute Gasteiger partial charge is 0.149 e. The summed E-state index contributed by atoms with van der Waals surface area (Å²) in [6.07, 6.45) is -0.340. The van der Waals surface area contributed by atoms with Gasteiger partial charge in [0.05, 0.1) is 16.9 Å². The van der Waals surface area contributed by atoms with Gasteiger partial charge in [0.15, 0.2) is 0 Å². The molecule has 0 bridgehead atoms. The van der Waals surface area contributed by atoms with E-state index >= 15 is 0 Å². The summed E-state index contributed by atoms with van der Waals surface area (Å²) < 4.78 is 27.0. The van der Waals surface area contributed by atoms with Gasteiger partial charge in [0.2, 0.25) is 0 Å². The number of aromatic nitrogens is 1. The van der Waals surface area contributed by atoms with Crippen LogP contribution < -0.4 is 0 Å². The summed E-state index contributed by atoms with van der Waals surface area (Å²) in [5.74, 6) is -1.26. The number of aliphatic hydroxyl groups is 1. The molecule has 0 saturated heterocycles. The van der Waals surface area contributed by atoms with Gasteiger partial charge in [-0.15, -0.1) is 0 Å². The zero-order valence-electron chi connectivity index (χ0n) is 8.87. The minimum atomic E-state index is -1.30. The third kappa shape index (κ3) is 2.53. The fraction of sp³-hybridized carbons (Fsp3) is 0.0833. The Morgan fingerprint density at radius 3 is 2.56 bits per heavy atom. The number of nitrogens with zero attached hydrogens (tertiary/aromatic N) is 1. The lowest BCUT2D eigenvalue weighted by Gasteiger charge is -2.12. The van der Waals surface area contributed by atoms with E-state index in [0.717, 1.165) is 12.3 Å². The van der Waals surface area contributed by atoms with Gasteiger partial charge >= 0.3 is 0 Å². The van der Waals surface area contributed by atoms with Gasteiger partial charge in [-0.2, -0.15) is 0 Å². The second-order valence-corrected chi connectivity index (χ2v) is 4.80. The summed E-state index contributed by atoms with van der Waals surface area (Å²) in [4.78, 5) is 3.70. The van der Waals surface area contributed by atoms with Crippen LogP contribution >= 0.6 is 27.5 Å². The van der Waals surface area contributed by atoms with E-state index in [2.05, 4.69) is 20.9 Å². The van der Waals surface area contributed by atoms with Crippen LogP contribution in [0.3, 0.4) is 0 Å². The minimum absolute atomic E-state index is 0.0118. The van der Waals surface area contributed by atoms with Gasteiger partial charge in [-0.05, 0) is 34.1 Å². The lowest BCUT2D eigenvalue weighted by atomic mass is 10.1. The first-order valence-electron chi connectivity index (χ1n) is 4.93. The summed E-state index contributed by atoms with van der Waals surface area (Å²) in [5.41, 5.74) is 0.135. The van der Waals surface area contributed by atoms with Crippen molar-refractivity contribution in [2.75, 3.05) is 0 Å². The molecular formula is C12H7BrClF2NO. The monoisotopic (exact) mass is 333 g/mol. The van der Waals surface area contributed by atoms with E-state index in [4.69, 9.17) is 11.6 Å². The highest BCUT2D eigenvalue weighted by Crippen LogP contribution is 2.32. The van der Waals surface area contributed by atoms with Gasteiger partial charge in [-0.1, -0.05) is 17.7 Å². The van der Waals surface area contributed by atoms with Crippen LogP contribution in [-0.4, -0.2) is 10.1 Å². The number of aliphatic hydroxyl groups excluding tert-OH is 1. The van der Waals surface area contributed by atoms with Crippen LogP contribution in [0.25, 0.3) is 0 Å². The summed E-state index contributed by atoms with van der Waals surface area (Å²) >= 11 is 8.80. The molecule has 0 spiro atoms. The summed E-state index contributed by atoms with van der Waals surface area (Å²) in [6, 6.07) is 5.34. The molecule has 94 valence electrons. The molecular weight excluding hydrogens is 327 g/mol. The molecule has 1 unspecified atom stereocenters. The van der Waals surface area contributed by atoms with E-state index in [1.165, 1.54) is 18.2 Å². The molecule has 0 saturated carbocycles. The van der Waals surface area contributed by atoms with Crippen molar-refractivity contribution in [3.8, 4) is 0 Å². The first-order valence-corrected chi connectivity index (χ1v) is 6.10. The fourth-order valence-corrected chi connectivity index (χ4v) is 1.94. The average molecular weight is 335 g/mol. The molecule has 2 nitrogen and oxygen atoms in total. The van der Waals surface area contributed by atoms with E-state index in [-0.39, 0.29) is 16.3 Å². The highest BCUT2D eigenvalue weighted by Gasteiger charge is 2.19. The predicted octanol–water partition coefficient (Wildman–Crippen LogP) is 3.86. The summed E-state index contributed by atoms with van der Waals surface area (Å²) in [7, 11) is 0. The maximum Gasteiger partial charge on any atom is 0.149 e. The zero-order valence-corrected chi connectivity index (χ0v) is 11.2. The molecule has 1 heterocycles. The van der Waals surface area contributed by atoms with Gasteiger partial charge in [0, 0.05) is 10.0 Å². The maximum atomic E-state index is 13.9. The van der Waals surface area contributed by atoms with Crippen LogP contribution in [0.15, 0.2) is 34.9 Å². The van der Waals surface area contributed by atoms with Crippen LogP contribution in [0.4, 0.5) is 8.78 Å². The second kappa shape index (κ2) is 5.30. The number of pyridine rings is 1. The first-order chi connectivity index (χ1) is 8.50. The Bertz CT molecular complexity index is 577. The molecule has 0 aliphatic rings. The Morgan fingerprint density at radius 1 is 1.22 bits per heavy atom. The molecule has 2 aromatic rings. The molecule has 0 aliphatic heterocycles. The Balaban J connectivity index is 2.43. The van der Waals surface area contributed by atoms with Gasteiger partial charge in [0.1, 0.15) is 17.7 Å². The van der Waals surface area contributed by atoms with Crippen molar-refractivity contribution in [2.45, 2.75) is 6.10 Å². The molecule has 1 N–H and O–H groups in total. The lowest BCUT2D eigenvalue weighted by molar-refractivity contribution is 0.210. The van der Waals surface area contributed by atoms with Crippen molar-refractivity contribution >= 4 is 27.5 Å². The van der Waals surface area contributed by atoms with Crippen molar-refractivity contribution in [3.63, 3.8) is 0 Å². The van der Waals surface area contributed by atoms with Gasteiger partial charge in [0.25, 0.3) is 0 Å². The van der Waals surface area contributed by atoms with Crippen LogP contribution in [0, 0.1) is 11.6 Å². The molecule has 6 heteroatoms. The van der Waals surface area contributed by atoms with Crippen molar-refractivity contribution in [1.29, 1.82) is 0 Å². The predicted molar refractivity (Wildman–Crippen MR) is 67.4 cm³/mol. The van der Waals surface area contributed by atoms with Crippen molar-refractivity contribution in [1.82, 2.24) is 4.98 Å². The topological polar surface area (TPSA) is 33.1 Å². The SMILES string of the molecule is OC(c1ccc(F)cn1)c1ccc(Br)c(Cl)c1F. The van der Waals surface area contributed by atoms with E-state index in [1.807, 2.05) is 0 Å². The molecule has 1 aromatic heterocycles. The first kappa shape index (κ1) is 13.4. The molecule has 0 amide bonds. The molecule has 0 fully saturated rings. The second-order valence-electron chi connectivity index (χ2n) is 3.57. The molecule has 18 heavy (non-hydrogen) atoms. The van der Waals surface area contributed by atoms with E-state index < -0.39 is 17.7 Å². The maximum absolute atomic E-state index is 13.9. The number of hydrogen-bond donors (Lipinski definition) is 1. The minimum Gasteiger partial charge on any atom is -0.382 e. The molecule has 0 aliphatic carbocycles. The number of halogens is 4. The van der Waals surface area contributed by atoms with Gasteiger partial charge < -0.3 is 5.11 Å². The number of rotatable bonds is 2. The Kier molecular flexibility index (Phi) is 3.94. The standard InChI is InChI=1S/C12H7BrClF2NO/c13-8-3-2-7(11(16)10(8)14)12(18)9-4-1-6(15)5-17-9/h1-5,12,18H. The molecule has 1 aromatic carbocycles. The normalized spacial score (nSPS) is 12.5. The van der Waals surface area contributed by atoms with E-state index in [9.17, 15) is 13.9 Å². The lowest BCUT2D eigenvalue weighted by Crippen LogP contribution is -2.05. The Labute approximate surface area is 115 Å². The van der Waals surface area contributed by atoms with E-state index in [1.54, 1.807) is 0 Å². The highest BCUT2D eigenvalue weighted by atomic mass is 79.9. The van der Waals surface area contributed by atoms with E-state index in [0.29, 0.717) is 4.47 Å². The van der Waals surface area contributed by atoms with Crippen molar-refractivity contribution in [2.24, 2.45) is 0 Å². The quantitative estimate of drug-likeness (QED) is 0.846. The van der Waals surface area contributed by atoms with Gasteiger partial charge in [-0.25, -0.2) is 8.78 Å². The summed E-state index contributed by atoms with van der Waals surface area (Å²) in [6.45, 7) is 0. The van der Waals surface area contributed by atoms with Gasteiger partial charge in [-0.3, -0.25) is 4.98 Å². The average Bonchev–Trinajstić information content (AvgIpc) is 2.36. The molecule has 0 radical (unpaired) electrons. The van der Waals surface area contributed by atoms with Crippen molar-refractivity contribution < 1.29 is 13.9 Å². The highest BCUT2D eigenvalue weighted by molar-refractivity contribution is 9.10. The zero-order chi connectivity index (χ0) is 13.3.